The second-order valence-corrected chi connectivity index (χ2v) is 7.26. The number of ketones is 1. The van der Waals surface area contributed by atoms with Gasteiger partial charge >= 0.3 is 29.6 Å². The zero-order valence-corrected chi connectivity index (χ0v) is 19.1. The molecule has 5 rings (SSSR count). The van der Waals surface area contributed by atoms with Crippen molar-refractivity contribution in [3.05, 3.63) is 92.6 Å². The average molecular weight is 427 g/mol. The number of aryl methyl sites for hydroxylation is 1. The van der Waals surface area contributed by atoms with Crippen molar-refractivity contribution in [2.45, 2.75) is 13.3 Å². The number of pyridine rings is 1. The van der Waals surface area contributed by atoms with Crippen molar-refractivity contribution in [3.63, 3.8) is 0 Å². The maximum atomic E-state index is 12.9. The second kappa shape index (κ2) is 8.93. The zero-order chi connectivity index (χ0) is 20.7. The minimum Gasteiger partial charge on any atom is -0.784 e. The van der Waals surface area contributed by atoms with Crippen molar-refractivity contribution >= 4 is 39.0 Å². The Kier molecular flexibility index (Phi) is 6.71. The minimum absolute atomic E-state index is 0. The van der Waals surface area contributed by atoms with E-state index in [4.69, 9.17) is 13.3 Å². The van der Waals surface area contributed by atoms with Gasteiger partial charge < -0.3 is 18.9 Å². The molecule has 6 nitrogen and oxygen atoms in total. The molecule has 1 N–H and O–H groups in total. The van der Waals surface area contributed by atoms with Crippen LogP contribution in [-0.4, -0.2) is 24.1 Å². The van der Waals surface area contributed by atoms with Crippen LogP contribution in [0.25, 0.3) is 21.8 Å². The second-order valence-electron chi connectivity index (χ2n) is 6.85. The maximum Gasteiger partial charge on any atom is 1.00 e. The third kappa shape index (κ3) is 4.18. The van der Waals surface area contributed by atoms with E-state index in [1.54, 1.807) is 6.07 Å². The fourth-order valence-corrected chi connectivity index (χ4v) is 3.72. The van der Waals surface area contributed by atoms with Crippen molar-refractivity contribution in [1.29, 1.82) is 0 Å². The number of benzene rings is 3. The fourth-order valence-electron chi connectivity index (χ4n) is 3.72. The summed E-state index contributed by atoms with van der Waals surface area (Å²) >= 11 is -3.11. The summed E-state index contributed by atoms with van der Waals surface area (Å²) in [5, 5.41) is 1.32. The Balaban J connectivity index is 0.000000473. The van der Waals surface area contributed by atoms with Gasteiger partial charge in [0.25, 0.3) is 0 Å². The molecule has 0 unspecified atom stereocenters. The number of H-pyrrole nitrogens is 1. The van der Waals surface area contributed by atoms with Crippen LogP contribution in [0.2, 0.25) is 0 Å². The van der Waals surface area contributed by atoms with Crippen LogP contribution >= 0.6 is 0 Å². The first-order chi connectivity index (χ1) is 13.8. The molecule has 0 amide bonds. The molecule has 1 aromatic heterocycles. The molecule has 0 radical (unpaired) electrons. The SMILES string of the molecule is Cc1ccc2[nH]c3cc4c(cc3c(=O)c2c1)Cc1cc[c-]cc1C4=O.O=S([O-])[O-].[Na+]. The average Bonchev–Trinajstić information content (AvgIpc) is 2.68. The van der Waals surface area contributed by atoms with Gasteiger partial charge in [-0.3, -0.25) is 9.00 Å². The molecule has 146 valence electrons. The van der Waals surface area contributed by atoms with E-state index >= 15 is 0 Å². The first-order valence-electron chi connectivity index (χ1n) is 8.75. The Labute approximate surface area is 196 Å². The summed E-state index contributed by atoms with van der Waals surface area (Å²) in [6.07, 6.45) is 0.659. The van der Waals surface area contributed by atoms with Crippen LogP contribution in [-0.2, 0) is 17.8 Å². The first-order valence-corrected chi connectivity index (χ1v) is 9.75. The quantitative estimate of drug-likeness (QED) is 0.161. The number of aromatic amines is 1. The van der Waals surface area contributed by atoms with E-state index < -0.39 is 11.4 Å². The van der Waals surface area contributed by atoms with Gasteiger partial charge in [0.05, 0.1) is 5.52 Å². The summed E-state index contributed by atoms with van der Waals surface area (Å²) in [4.78, 5) is 29.1. The van der Waals surface area contributed by atoms with Gasteiger partial charge in [0.15, 0.2) is 5.43 Å². The molecule has 3 aromatic carbocycles. The number of carbonyl (C=O) groups excluding carboxylic acids is 1. The van der Waals surface area contributed by atoms with Gasteiger partial charge in [0, 0.05) is 21.9 Å². The van der Waals surface area contributed by atoms with Crippen molar-refractivity contribution in [2.24, 2.45) is 0 Å². The Bertz CT molecular complexity index is 1380. The number of fused-ring (bicyclic) bond motifs is 4. The van der Waals surface area contributed by atoms with E-state index in [0.29, 0.717) is 33.8 Å². The predicted molar refractivity (Wildman–Crippen MR) is 108 cm³/mol. The van der Waals surface area contributed by atoms with Crippen LogP contribution < -0.4 is 35.0 Å². The van der Waals surface area contributed by atoms with Crippen molar-refractivity contribution < 1.29 is 47.7 Å². The molecule has 1 heterocycles. The molecule has 0 atom stereocenters. The molecule has 1 aliphatic rings. The summed E-state index contributed by atoms with van der Waals surface area (Å²) in [5.74, 6) is -0.000137. The summed E-state index contributed by atoms with van der Waals surface area (Å²) < 4.78 is 25.3. The monoisotopic (exact) mass is 427 g/mol. The molecule has 4 aromatic rings. The largest absolute Gasteiger partial charge is 1.00 e. The minimum atomic E-state index is -3.11. The normalized spacial score (nSPS) is 12.1. The molecule has 0 saturated heterocycles. The van der Waals surface area contributed by atoms with Crippen molar-refractivity contribution in [3.8, 4) is 0 Å². The van der Waals surface area contributed by atoms with Gasteiger partial charge in [-0.15, -0.1) is 16.9 Å². The van der Waals surface area contributed by atoms with E-state index in [0.717, 1.165) is 22.2 Å². The molecular weight excluding hydrogens is 413 g/mol. The molecule has 0 bridgehead atoms. The third-order valence-electron chi connectivity index (χ3n) is 5.00. The van der Waals surface area contributed by atoms with Gasteiger partial charge in [0.2, 0.25) is 0 Å². The van der Waals surface area contributed by atoms with E-state index in [1.165, 1.54) is 0 Å². The molecule has 0 spiro atoms. The standard InChI is InChI=1S/C22H14NO2.Na.H2O3S/c1-12-6-7-19-17(8-12)22(25)18-10-14-9-13-4-2-3-5-15(13)21(24)16(14)11-20(18)23-19;;1-4(2)3/h2,4-8,10-11H,9H2,1H3,(H,23,25);;(H2,1,2,3)/q-1;+1;/p-2. The molecule has 0 fully saturated rings. The van der Waals surface area contributed by atoms with Crippen LogP contribution in [0.3, 0.4) is 0 Å². The van der Waals surface area contributed by atoms with E-state index in [9.17, 15) is 9.59 Å². The van der Waals surface area contributed by atoms with Crippen LogP contribution in [0.15, 0.2) is 53.3 Å². The zero-order valence-electron chi connectivity index (χ0n) is 16.3. The number of carbonyl (C=O) groups is 1. The molecule has 1 aliphatic carbocycles. The van der Waals surface area contributed by atoms with Crippen molar-refractivity contribution in [1.82, 2.24) is 4.98 Å². The van der Waals surface area contributed by atoms with Gasteiger partial charge in [-0.2, -0.15) is 24.3 Å². The summed E-state index contributed by atoms with van der Waals surface area (Å²) in [6, 6.07) is 18.0. The van der Waals surface area contributed by atoms with Gasteiger partial charge in [-0.05, 0) is 43.2 Å². The van der Waals surface area contributed by atoms with Gasteiger partial charge in [0.1, 0.15) is 5.78 Å². The van der Waals surface area contributed by atoms with Gasteiger partial charge in [-0.25, -0.2) is 0 Å². The fraction of sp³-hybridized carbons (Fsp3) is 0.0909. The Hall–Kier alpha value is -2.13. The predicted octanol–water partition coefficient (Wildman–Crippen LogP) is -0.0750. The van der Waals surface area contributed by atoms with Crippen LogP contribution in [0.5, 0.6) is 0 Å². The molecule has 8 heteroatoms. The maximum absolute atomic E-state index is 12.9. The third-order valence-corrected chi connectivity index (χ3v) is 5.00. The number of aromatic nitrogens is 1. The molecular formula is C22H14NNaO5S-2. The Morgan fingerprint density at radius 1 is 0.967 bits per heavy atom. The summed E-state index contributed by atoms with van der Waals surface area (Å²) in [6.45, 7) is 1.97. The van der Waals surface area contributed by atoms with E-state index in [1.807, 2.05) is 49.4 Å². The van der Waals surface area contributed by atoms with Crippen LogP contribution in [0, 0.1) is 13.0 Å². The molecule has 0 saturated carbocycles. The van der Waals surface area contributed by atoms with Crippen LogP contribution in [0.4, 0.5) is 0 Å². The Morgan fingerprint density at radius 3 is 2.40 bits per heavy atom. The molecule has 30 heavy (non-hydrogen) atoms. The first kappa shape index (κ1) is 22.6. The summed E-state index contributed by atoms with van der Waals surface area (Å²) in [7, 11) is 0. The number of rotatable bonds is 0. The topological polar surface area (TPSA) is 113 Å². The number of hydrogen-bond donors (Lipinski definition) is 1. The summed E-state index contributed by atoms with van der Waals surface area (Å²) in [5.41, 5.74) is 5.83. The Morgan fingerprint density at radius 2 is 1.67 bits per heavy atom. The van der Waals surface area contributed by atoms with E-state index in [-0.39, 0.29) is 40.8 Å². The number of nitrogens with one attached hydrogen (secondary N) is 1. The molecule has 0 aliphatic heterocycles. The smallest absolute Gasteiger partial charge is 0.784 e. The van der Waals surface area contributed by atoms with Crippen molar-refractivity contribution in [2.75, 3.05) is 0 Å². The number of hydrogen-bond acceptors (Lipinski definition) is 5. The van der Waals surface area contributed by atoms with Crippen LogP contribution in [0.1, 0.15) is 32.6 Å². The van der Waals surface area contributed by atoms with E-state index in [2.05, 4.69) is 11.1 Å². The van der Waals surface area contributed by atoms with Gasteiger partial charge in [-0.1, -0.05) is 17.2 Å².